The maximum Gasteiger partial charge on any atom is 0.451 e. The molecule has 3 aromatic rings. The van der Waals surface area contributed by atoms with E-state index in [-0.39, 0.29) is 40.4 Å². The van der Waals surface area contributed by atoms with Crippen molar-refractivity contribution in [2.75, 3.05) is 12.9 Å². The molecule has 0 amide bonds. The predicted octanol–water partition coefficient (Wildman–Crippen LogP) is 3.97. The fraction of sp³-hybridized carbons (Fsp3) is 0.250. The van der Waals surface area contributed by atoms with Crippen molar-refractivity contribution < 1.29 is 22.7 Å². The second-order valence-electron chi connectivity index (χ2n) is 5.28. The molecule has 2 N–H and O–H groups in total. The first-order valence-corrected chi connectivity index (χ1v) is 9.35. The molecule has 12 heteroatoms. The number of methoxy groups -OCH3 is 1. The van der Waals surface area contributed by atoms with Gasteiger partial charge in [0, 0.05) is 22.9 Å². The molecule has 0 radical (unpaired) electrons. The van der Waals surface area contributed by atoms with E-state index in [2.05, 4.69) is 15.0 Å². The predicted molar refractivity (Wildman–Crippen MR) is 103 cm³/mol. The van der Waals surface area contributed by atoms with Gasteiger partial charge in [0.1, 0.15) is 5.03 Å². The monoisotopic (exact) mass is 450 g/mol. The van der Waals surface area contributed by atoms with Crippen molar-refractivity contribution in [1.82, 2.24) is 15.0 Å². The van der Waals surface area contributed by atoms with E-state index in [4.69, 9.17) is 10.5 Å². The van der Waals surface area contributed by atoms with E-state index >= 15 is 0 Å². The number of Topliss-reactive ketones (excluding diaryl/α,β-unsaturated/α-hetero) is 1. The van der Waals surface area contributed by atoms with Crippen LogP contribution in [0.25, 0.3) is 10.9 Å². The van der Waals surface area contributed by atoms with Crippen LogP contribution < -0.4 is 10.5 Å². The number of thioether (sulfide) groups is 1. The van der Waals surface area contributed by atoms with Gasteiger partial charge in [-0.1, -0.05) is 11.8 Å². The summed E-state index contributed by atoms with van der Waals surface area (Å²) in [6, 6.07) is 4.85. The lowest BCUT2D eigenvalue weighted by Gasteiger charge is -2.10. The Morgan fingerprint density at radius 1 is 1.32 bits per heavy atom. The number of halogens is 4. The number of thiophene rings is 1. The second-order valence-corrected chi connectivity index (χ2v) is 7.41. The summed E-state index contributed by atoms with van der Waals surface area (Å²) in [7, 11) is 1.39. The van der Waals surface area contributed by atoms with E-state index < -0.39 is 12.0 Å². The van der Waals surface area contributed by atoms with Gasteiger partial charge in [-0.15, -0.1) is 23.7 Å². The van der Waals surface area contributed by atoms with Gasteiger partial charge in [-0.3, -0.25) is 4.79 Å². The Bertz CT molecular complexity index is 998. The number of nitrogens with zero attached hydrogens (tertiary/aromatic N) is 3. The van der Waals surface area contributed by atoms with Crippen LogP contribution in [0, 0.1) is 0 Å². The molecule has 0 aromatic carbocycles. The highest BCUT2D eigenvalue weighted by Gasteiger charge is 2.35. The van der Waals surface area contributed by atoms with Crippen LogP contribution >= 0.6 is 35.5 Å². The summed E-state index contributed by atoms with van der Waals surface area (Å²) in [5, 5.41) is 0.374. The molecule has 0 fully saturated rings. The zero-order valence-corrected chi connectivity index (χ0v) is 16.8. The van der Waals surface area contributed by atoms with E-state index in [0.29, 0.717) is 16.8 Å². The van der Waals surface area contributed by atoms with Crippen LogP contribution in [0.1, 0.15) is 20.4 Å². The number of hydrogen-bond donors (Lipinski definition) is 1. The molecular weight excluding hydrogens is 437 g/mol. The Kier molecular flexibility index (Phi) is 7.21. The quantitative estimate of drug-likeness (QED) is 0.345. The van der Waals surface area contributed by atoms with Crippen molar-refractivity contribution in [2.45, 2.75) is 17.7 Å². The van der Waals surface area contributed by atoms with E-state index in [9.17, 15) is 18.0 Å². The van der Waals surface area contributed by atoms with Gasteiger partial charge in [-0.25, -0.2) is 15.0 Å². The lowest BCUT2D eigenvalue weighted by atomic mass is 10.3. The highest BCUT2D eigenvalue weighted by atomic mass is 35.5. The first kappa shape index (κ1) is 22.3. The SMILES string of the molecule is COc1cc2c(SCC(=O)c3ccc(CN)s3)nc(C(F)(F)F)nc2cn1.Cl. The van der Waals surface area contributed by atoms with Crippen molar-refractivity contribution in [3.8, 4) is 5.88 Å². The van der Waals surface area contributed by atoms with Gasteiger partial charge in [0.05, 0.1) is 29.5 Å². The highest BCUT2D eigenvalue weighted by Crippen LogP contribution is 2.33. The molecule has 6 nitrogen and oxygen atoms in total. The molecule has 0 aliphatic carbocycles. The zero-order chi connectivity index (χ0) is 19.6. The molecule has 3 rings (SSSR count). The Morgan fingerprint density at radius 3 is 2.68 bits per heavy atom. The average Bonchev–Trinajstić information content (AvgIpc) is 3.13. The summed E-state index contributed by atoms with van der Waals surface area (Å²) in [5.74, 6) is -1.35. The standard InChI is InChI=1S/C16H13F3N4O2S2.ClH/c1-25-13-4-9-10(6-21-13)22-15(16(17,18)19)23-14(9)26-7-11(24)12-3-2-8(5-20)27-12;/h2-4,6H,5,7,20H2,1H3;1H. The van der Waals surface area contributed by atoms with Crippen molar-refractivity contribution in [2.24, 2.45) is 5.73 Å². The number of alkyl halides is 3. The molecule has 0 atom stereocenters. The maximum atomic E-state index is 13.1. The van der Waals surface area contributed by atoms with Crippen LogP contribution in [0.3, 0.4) is 0 Å². The summed E-state index contributed by atoms with van der Waals surface area (Å²) in [6.07, 6.45) is -3.53. The summed E-state index contributed by atoms with van der Waals surface area (Å²) < 4.78 is 44.3. The molecule has 150 valence electrons. The van der Waals surface area contributed by atoms with Gasteiger partial charge >= 0.3 is 6.18 Å². The minimum atomic E-state index is -4.71. The van der Waals surface area contributed by atoms with Crippen LogP contribution in [-0.2, 0) is 12.7 Å². The lowest BCUT2D eigenvalue weighted by Crippen LogP contribution is -2.12. The number of hydrogen-bond acceptors (Lipinski definition) is 8. The number of fused-ring (bicyclic) bond motifs is 1. The van der Waals surface area contributed by atoms with Crippen LogP contribution in [0.15, 0.2) is 29.4 Å². The number of pyridine rings is 1. The maximum absolute atomic E-state index is 13.1. The van der Waals surface area contributed by atoms with Gasteiger partial charge in [-0.2, -0.15) is 13.2 Å². The Hall–Kier alpha value is -1.95. The van der Waals surface area contributed by atoms with Crippen molar-refractivity contribution in [3.63, 3.8) is 0 Å². The molecule has 3 heterocycles. The van der Waals surface area contributed by atoms with Crippen LogP contribution in [0.5, 0.6) is 5.88 Å². The zero-order valence-electron chi connectivity index (χ0n) is 14.3. The number of aromatic nitrogens is 3. The smallest absolute Gasteiger partial charge is 0.451 e. The van der Waals surface area contributed by atoms with Crippen molar-refractivity contribution >= 4 is 52.2 Å². The van der Waals surface area contributed by atoms with E-state index in [0.717, 1.165) is 16.6 Å². The third kappa shape index (κ3) is 4.90. The first-order valence-electron chi connectivity index (χ1n) is 7.55. The summed E-state index contributed by atoms with van der Waals surface area (Å²) in [4.78, 5) is 24.7. The molecule has 0 bridgehead atoms. The number of nitrogens with two attached hydrogens (primary N) is 1. The Balaban J connectivity index is 0.00000280. The molecule has 28 heavy (non-hydrogen) atoms. The Morgan fingerprint density at radius 2 is 2.07 bits per heavy atom. The summed E-state index contributed by atoms with van der Waals surface area (Å²) >= 11 is 2.17. The largest absolute Gasteiger partial charge is 0.481 e. The topological polar surface area (TPSA) is 91.0 Å². The molecule has 0 aliphatic heterocycles. The fourth-order valence-electron chi connectivity index (χ4n) is 2.18. The highest BCUT2D eigenvalue weighted by molar-refractivity contribution is 8.00. The fourth-order valence-corrected chi connectivity index (χ4v) is 3.98. The molecule has 3 aromatic heterocycles. The first-order chi connectivity index (χ1) is 12.8. The Labute approximate surface area is 172 Å². The molecule has 0 spiro atoms. The van der Waals surface area contributed by atoms with Crippen molar-refractivity contribution in [1.29, 1.82) is 0 Å². The molecule has 0 saturated carbocycles. The number of ether oxygens (including phenoxy) is 1. The summed E-state index contributed by atoms with van der Waals surface area (Å²) in [6.45, 7) is 0.323. The van der Waals surface area contributed by atoms with Gasteiger partial charge in [-0.05, 0) is 12.1 Å². The van der Waals surface area contributed by atoms with Gasteiger partial charge < -0.3 is 10.5 Å². The van der Waals surface area contributed by atoms with Crippen LogP contribution in [0.4, 0.5) is 13.2 Å². The van der Waals surface area contributed by atoms with Crippen LogP contribution in [-0.4, -0.2) is 33.6 Å². The minimum Gasteiger partial charge on any atom is -0.481 e. The van der Waals surface area contributed by atoms with Crippen LogP contribution in [0.2, 0.25) is 0 Å². The van der Waals surface area contributed by atoms with E-state index in [1.54, 1.807) is 12.1 Å². The molecular formula is C16H14ClF3N4O2S2. The third-order valence-corrected chi connectivity index (χ3v) is 5.60. The number of rotatable bonds is 6. The van der Waals surface area contributed by atoms with E-state index in [1.807, 2.05) is 0 Å². The molecule has 0 unspecified atom stereocenters. The molecule has 0 aliphatic rings. The van der Waals surface area contributed by atoms with Crippen molar-refractivity contribution in [3.05, 3.63) is 40.0 Å². The molecule has 0 saturated heterocycles. The minimum absolute atomic E-state index is 0. The van der Waals surface area contributed by atoms with Gasteiger partial charge in [0.25, 0.3) is 0 Å². The third-order valence-electron chi connectivity index (χ3n) is 3.46. The number of carbonyl (C=O) groups excluding carboxylic acids is 1. The lowest BCUT2D eigenvalue weighted by molar-refractivity contribution is -0.145. The van der Waals surface area contributed by atoms with E-state index in [1.165, 1.54) is 30.7 Å². The number of carbonyl (C=O) groups is 1. The summed E-state index contributed by atoms with van der Waals surface area (Å²) in [5.41, 5.74) is 5.55. The average molecular weight is 451 g/mol. The second kappa shape index (κ2) is 9.03. The number of ketones is 1. The normalized spacial score (nSPS) is 11.3. The van der Waals surface area contributed by atoms with Gasteiger partial charge in [0.15, 0.2) is 5.78 Å². The van der Waals surface area contributed by atoms with Gasteiger partial charge in [0.2, 0.25) is 11.7 Å².